The Labute approximate surface area is 96.6 Å². The zero-order valence-electron chi connectivity index (χ0n) is 9.55. The molecule has 2 rings (SSSR count). The van der Waals surface area contributed by atoms with Gasteiger partial charge in [0, 0.05) is 18.2 Å². The number of rotatable bonds is 3. The van der Waals surface area contributed by atoms with Crippen LogP contribution in [0.15, 0.2) is 24.3 Å². The molecule has 0 aliphatic heterocycles. The minimum atomic E-state index is -3.02. The third-order valence-electron chi connectivity index (χ3n) is 3.27. The Morgan fingerprint density at radius 1 is 1.25 bits per heavy atom. The molecule has 88 valence electrons. The van der Waals surface area contributed by atoms with Crippen LogP contribution in [0.1, 0.15) is 24.0 Å². The standard InChI is InChI=1S/C12H17NO2S/c1-3-8-4-6-9(7-5-8)10-11(13)12(10)16(2,14)15/h4-7,10-12H,3,13H2,1-2H3/t10-,11-,12-/m1/s1. The van der Waals surface area contributed by atoms with Crippen LogP contribution in [-0.2, 0) is 16.3 Å². The molecule has 1 aromatic rings. The van der Waals surface area contributed by atoms with Crippen molar-refractivity contribution in [2.24, 2.45) is 5.73 Å². The van der Waals surface area contributed by atoms with Crippen LogP contribution in [0.5, 0.6) is 0 Å². The van der Waals surface area contributed by atoms with Crippen molar-refractivity contribution < 1.29 is 8.42 Å². The lowest BCUT2D eigenvalue weighted by atomic mass is 10.1. The molecule has 1 aliphatic rings. The fourth-order valence-electron chi connectivity index (χ4n) is 2.24. The van der Waals surface area contributed by atoms with Gasteiger partial charge in [-0.05, 0) is 17.5 Å². The maximum Gasteiger partial charge on any atom is 0.152 e. The van der Waals surface area contributed by atoms with E-state index < -0.39 is 9.84 Å². The monoisotopic (exact) mass is 239 g/mol. The van der Waals surface area contributed by atoms with Gasteiger partial charge in [0.25, 0.3) is 0 Å². The van der Waals surface area contributed by atoms with Gasteiger partial charge < -0.3 is 5.73 Å². The van der Waals surface area contributed by atoms with Crippen LogP contribution in [0, 0.1) is 0 Å². The van der Waals surface area contributed by atoms with Gasteiger partial charge in [-0.25, -0.2) is 8.42 Å². The summed E-state index contributed by atoms with van der Waals surface area (Å²) in [5.41, 5.74) is 8.12. The normalized spacial score (nSPS) is 29.1. The summed E-state index contributed by atoms with van der Waals surface area (Å²) in [7, 11) is -3.02. The highest BCUT2D eigenvalue weighted by atomic mass is 32.2. The van der Waals surface area contributed by atoms with Crippen molar-refractivity contribution in [2.45, 2.75) is 30.6 Å². The molecule has 2 N–H and O–H groups in total. The highest BCUT2D eigenvalue weighted by Gasteiger charge is 2.54. The first kappa shape index (κ1) is 11.6. The first-order valence-corrected chi connectivity index (χ1v) is 7.44. The van der Waals surface area contributed by atoms with E-state index in [1.165, 1.54) is 11.8 Å². The molecule has 0 saturated heterocycles. The number of hydrogen-bond acceptors (Lipinski definition) is 3. The third kappa shape index (κ3) is 1.99. The number of sulfone groups is 1. The number of nitrogens with two attached hydrogens (primary N) is 1. The topological polar surface area (TPSA) is 60.2 Å². The summed E-state index contributed by atoms with van der Waals surface area (Å²) in [4.78, 5) is 0. The molecule has 0 heterocycles. The smallest absolute Gasteiger partial charge is 0.152 e. The molecule has 3 nitrogen and oxygen atoms in total. The zero-order valence-corrected chi connectivity index (χ0v) is 10.4. The Balaban J connectivity index is 2.21. The van der Waals surface area contributed by atoms with Crippen molar-refractivity contribution in [1.82, 2.24) is 0 Å². The molecule has 0 radical (unpaired) electrons. The Morgan fingerprint density at radius 2 is 1.81 bits per heavy atom. The Bertz CT molecular complexity index is 478. The van der Waals surface area contributed by atoms with Gasteiger partial charge in [-0.1, -0.05) is 31.2 Å². The quantitative estimate of drug-likeness (QED) is 0.859. The number of aryl methyl sites for hydroxylation is 1. The van der Waals surface area contributed by atoms with Gasteiger partial charge in [0.2, 0.25) is 0 Å². The van der Waals surface area contributed by atoms with Crippen LogP contribution in [0.3, 0.4) is 0 Å². The fraction of sp³-hybridized carbons (Fsp3) is 0.500. The summed E-state index contributed by atoms with van der Waals surface area (Å²) in [5, 5.41) is -0.389. The lowest BCUT2D eigenvalue weighted by Crippen LogP contribution is -2.13. The predicted octanol–water partition coefficient (Wildman–Crippen LogP) is 1.09. The summed E-state index contributed by atoms with van der Waals surface area (Å²) in [6.45, 7) is 2.09. The first-order chi connectivity index (χ1) is 7.45. The fourth-order valence-corrected chi connectivity index (χ4v) is 3.77. The summed E-state index contributed by atoms with van der Waals surface area (Å²) >= 11 is 0. The lowest BCUT2D eigenvalue weighted by Gasteiger charge is -2.01. The van der Waals surface area contributed by atoms with Gasteiger partial charge in [-0.15, -0.1) is 0 Å². The second-order valence-corrected chi connectivity index (χ2v) is 6.70. The minimum absolute atomic E-state index is 0.0130. The summed E-state index contributed by atoms with van der Waals surface area (Å²) in [5.74, 6) is -0.0130. The molecule has 1 saturated carbocycles. The van der Waals surface area contributed by atoms with Crippen molar-refractivity contribution in [2.75, 3.05) is 6.26 Å². The molecule has 4 heteroatoms. The van der Waals surface area contributed by atoms with Crippen LogP contribution < -0.4 is 5.73 Å². The van der Waals surface area contributed by atoms with Crippen LogP contribution in [0.4, 0.5) is 0 Å². The second-order valence-electron chi connectivity index (χ2n) is 4.49. The Kier molecular flexibility index (Phi) is 2.80. The van der Waals surface area contributed by atoms with Gasteiger partial charge in [0.05, 0.1) is 5.25 Å². The molecule has 0 unspecified atom stereocenters. The van der Waals surface area contributed by atoms with Crippen molar-refractivity contribution >= 4 is 9.84 Å². The summed E-state index contributed by atoms with van der Waals surface area (Å²) in [6, 6.07) is 7.84. The van der Waals surface area contributed by atoms with Crippen molar-refractivity contribution in [1.29, 1.82) is 0 Å². The van der Waals surface area contributed by atoms with E-state index in [4.69, 9.17) is 5.73 Å². The van der Waals surface area contributed by atoms with Gasteiger partial charge in [-0.3, -0.25) is 0 Å². The number of benzene rings is 1. The van der Waals surface area contributed by atoms with E-state index in [0.29, 0.717) is 0 Å². The lowest BCUT2D eigenvalue weighted by molar-refractivity contribution is 0.599. The largest absolute Gasteiger partial charge is 0.326 e. The summed E-state index contributed by atoms with van der Waals surface area (Å²) in [6.07, 6.45) is 2.25. The highest BCUT2D eigenvalue weighted by Crippen LogP contribution is 2.44. The van der Waals surface area contributed by atoms with E-state index in [1.54, 1.807) is 0 Å². The summed E-state index contributed by atoms with van der Waals surface area (Å²) < 4.78 is 22.9. The van der Waals surface area contributed by atoms with Crippen LogP contribution in [-0.4, -0.2) is 26.0 Å². The zero-order chi connectivity index (χ0) is 11.9. The van der Waals surface area contributed by atoms with Gasteiger partial charge >= 0.3 is 0 Å². The maximum absolute atomic E-state index is 11.4. The highest BCUT2D eigenvalue weighted by molar-refractivity contribution is 7.91. The first-order valence-electron chi connectivity index (χ1n) is 5.48. The molecule has 0 spiro atoms. The molecule has 1 aromatic carbocycles. The SMILES string of the molecule is CCc1ccc([C@@H]2[C@@H](N)[C@@H]2S(C)(=O)=O)cc1. The van der Waals surface area contributed by atoms with Crippen molar-refractivity contribution in [3.05, 3.63) is 35.4 Å². The van der Waals surface area contributed by atoms with Crippen molar-refractivity contribution in [3.8, 4) is 0 Å². The predicted molar refractivity (Wildman–Crippen MR) is 65.2 cm³/mol. The van der Waals surface area contributed by atoms with Crippen LogP contribution in [0.2, 0.25) is 0 Å². The van der Waals surface area contributed by atoms with E-state index in [-0.39, 0.29) is 17.2 Å². The molecular weight excluding hydrogens is 222 g/mol. The van der Waals surface area contributed by atoms with E-state index in [9.17, 15) is 8.42 Å². The van der Waals surface area contributed by atoms with Gasteiger partial charge in [-0.2, -0.15) is 0 Å². The van der Waals surface area contributed by atoms with E-state index in [2.05, 4.69) is 6.92 Å². The number of hydrogen-bond donors (Lipinski definition) is 1. The second kappa shape index (κ2) is 3.86. The molecular formula is C12H17NO2S. The molecule has 0 amide bonds. The minimum Gasteiger partial charge on any atom is -0.326 e. The van der Waals surface area contributed by atoms with E-state index in [1.807, 2.05) is 24.3 Å². The molecule has 3 atom stereocenters. The molecule has 1 aliphatic carbocycles. The van der Waals surface area contributed by atoms with E-state index in [0.717, 1.165) is 12.0 Å². The maximum atomic E-state index is 11.4. The molecule has 0 bridgehead atoms. The van der Waals surface area contributed by atoms with Crippen LogP contribution >= 0.6 is 0 Å². The molecule has 0 aromatic heterocycles. The van der Waals surface area contributed by atoms with Crippen LogP contribution in [0.25, 0.3) is 0 Å². The van der Waals surface area contributed by atoms with Gasteiger partial charge in [0.1, 0.15) is 0 Å². The van der Waals surface area contributed by atoms with Gasteiger partial charge in [0.15, 0.2) is 9.84 Å². The molecule has 16 heavy (non-hydrogen) atoms. The van der Waals surface area contributed by atoms with Crippen molar-refractivity contribution in [3.63, 3.8) is 0 Å². The average Bonchev–Trinajstić information content (AvgIpc) is 2.90. The third-order valence-corrected chi connectivity index (χ3v) is 4.87. The average molecular weight is 239 g/mol. The Morgan fingerprint density at radius 3 is 2.19 bits per heavy atom. The molecule has 1 fully saturated rings. The van der Waals surface area contributed by atoms with E-state index >= 15 is 0 Å². The Hall–Kier alpha value is -0.870.